The first-order valence-corrected chi connectivity index (χ1v) is 8.07. The molecule has 0 unspecified atom stereocenters. The normalized spacial score (nSPS) is 10.3. The van der Waals surface area contributed by atoms with Gasteiger partial charge in [0, 0.05) is 12.5 Å². The smallest absolute Gasteiger partial charge is 0.308 e. The summed E-state index contributed by atoms with van der Waals surface area (Å²) >= 11 is 0. The van der Waals surface area contributed by atoms with Gasteiger partial charge in [0.25, 0.3) is 5.91 Å². The molecule has 0 aliphatic rings. The van der Waals surface area contributed by atoms with Crippen LogP contribution >= 0.6 is 0 Å². The summed E-state index contributed by atoms with van der Waals surface area (Å²) in [5, 5.41) is 3.92. The van der Waals surface area contributed by atoms with Crippen LogP contribution in [0.3, 0.4) is 0 Å². The molecule has 7 heteroatoms. The summed E-state index contributed by atoms with van der Waals surface area (Å²) in [5.74, 6) is 0.545. The third kappa shape index (κ3) is 6.00. The Morgan fingerprint density at radius 3 is 2.52 bits per heavy atom. The molecule has 0 saturated heterocycles. The van der Waals surface area contributed by atoms with Gasteiger partial charge in [-0.2, -0.15) is 5.10 Å². The van der Waals surface area contributed by atoms with Crippen molar-refractivity contribution >= 4 is 18.1 Å². The second kappa shape index (κ2) is 9.76. The van der Waals surface area contributed by atoms with Gasteiger partial charge < -0.3 is 14.2 Å². The Kier molecular flexibility index (Phi) is 7.13. The monoisotopic (exact) mass is 368 g/mol. The van der Waals surface area contributed by atoms with E-state index in [1.54, 1.807) is 48.5 Å². The highest BCUT2D eigenvalue weighted by Gasteiger charge is 2.08. The molecule has 0 radical (unpaired) electrons. The molecule has 0 bridgehead atoms. The maximum atomic E-state index is 12.1. The van der Waals surface area contributed by atoms with E-state index in [-0.39, 0.29) is 5.91 Å². The number of nitrogens with one attached hydrogen (secondary N) is 1. The van der Waals surface area contributed by atoms with Crippen LogP contribution in [0.2, 0.25) is 0 Å². The molecule has 2 aromatic carbocycles. The van der Waals surface area contributed by atoms with Gasteiger partial charge in [0.2, 0.25) is 0 Å². The quantitative estimate of drug-likeness (QED) is 0.255. The SMILES string of the molecule is C=CCOc1ccc(C(=O)NN=Cc2ccc(OC(C)=O)c(OC)c2)cc1. The summed E-state index contributed by atoms with van der Waals surface area (Å²) in [4.78, 5) is 23.2. The molecule has 7 nitrogen and oxygen atoms in total. The Labute approximate surface area is 157 Å². The molecule has 1 amide bonds. The zero-order chi connectivity index (χ0) is 19.6. The largest absolute Gasteiger partial charge is 0.493 e. The Bertz CT molecular complexity index is 844. The number of ether oxygens (including phenoxy) is 3. The maximum absolute atomic E-state index is 12.1. The number of rotatable bonds is 8. The molecule has 0 atom stereocenters. The third-order valence-corrected chi connectivity index (χ3v) is 3.31. The van der Waals surface area contributed by atoms with E-state index >= 15 is 0 Å². The van der Waals surface area contributed by atoms with Crippen LogP contribution in [-0.2, 0) is 4.79 Å². The summed E-state index contributed by atoms with van der Waals surface area (Å²) in [7, 11) is 1.47. The van der Waals surface area contributed by atoms with Crippen LogP contribution in [0.25, 0.3) is 0 Å². The number of hydrogen-bond acceptors (Lipinski definition) is 6. The van der Waals surface area contributed by atoms with Crippen molar-refractivity contribution in [1.82, 2.24) is 5.43 Å². The van der Waals surface area contributed by atoms with Crippen LogP contribution in [-0.4, -0.2) is 31.8 Å². The Morgan fingerprint density at radius 2 is 1.89 bits per heavy atom. The van der Waals surface area contributed by atoms with Crippen LogP contribution in [0, 0.1) is 0 Å². The number of carbonyl (C=O) groups is 2. The van der Waals surface area contributed by atoms with E-state index < -0.39 is 5.97 Å². The van der Waals surface area contributed by atoms with Crippen molar-refractivity contribution in [3.8, 4) is 17.2 Å². The third-order valence-electron chi connectivity index (χ3n) is 3.31. The summed E-state index contributed by atoms with van der Waals surface area (Å²) < 4.78 is 15.6. The minimum absolute atomic E-state index is 0.310. The summed E-state index contributed by atoms with van der Waals surface area (Å²) in [6, 6.07) is 11.6. The van der Waals surface area contributed by atoms with Crippen molar-refractivity contribution in [3.63, 3.8) is 0 Å². The van der Waals surface area contributed by atoms with Crippen molar-refractivity contribution in [3.05, 3.63) is 66.2 Å². The van der Waals surface area contributed by atoms with E-state index in [1.165, 1.54) is 20.2 Å². The number of nitrogens with zero attached hydrogens (tertiary/aromatic N) is 1. The Hall–Kier alpha value is -3.61. The van der Waals surface area contributed by atoms with Crippen LogP contribution in [0.15, 0.2) is 60.2 Å². The minimum atomic E-state index is -0.442. The Morgan fingerprint density at radius 1 is 1.15 bits per heavy atom. The van der Waals surface area contributed by atoms with Crippen LogP contribution < -0.4 is 19.6 Å². The lowest BCUT2D eigenvalue weighted by Gasteiger charge is -2.08. The lowest BCUT2D eigenvalue weighted by molar-refractivity contribution is -0.132. The van der Waals surface area contributed by atoms with Crippen molar-refractivity contribution in [2.24, 2.45) is 5.10 Å². The molecule has 140 valence electrons. The van der Waals surface area contributed by atoms with Gasteiger partial charge in [0.15, 0.2) is 11.5 Å². The lowest BCUT2D eigenvalue weighted by Crippen LogP contribution is -2.17. The average molecular weight is 368 g/mol. The van der Waals surface area contributed by atoms with Crippen LogP contribution in [0.5, 0.6) is 17.2 Å². The first-order valence-electron chi connectivity index (χ1n) is 8.07. The van der Waals surface area contributed by atoms with E-state index in [1.807, 2.05) is 0 Å². The molecule has 27 heavy (non-hydrogen) atoms. The van der Waals surface area contributed by atoms with Crippen molar-refractivity contribution in [2.75, 3.05) is 13.7 Å². The van der Waals surface area contributed by atoms with E-state index in [0.29, 0.717) is 35.0 Å². The van der Waals surface area contributed by atoms with E-state index in [0.717, 1.165) is 0 Å². The molecule has 2 rings (SSSR count). The number of benzene rings is 2. The molecule has 1 N–H and O–H groups in total. The first kappa shape index (κ1) is 19.7. The molecular formula is C20H20N2O5. The molecule has 2 aromatic rings. The molecule has 0 spiro atoms. The highest BCUT2D eigenvalue weighted by Crippen LogP contribution is 2.27. The number of carbonyl (C=O) groups excluding carboxylic acids is 2. The first-order chi connectivity index (χ1) is 13.0. The number of amides is 1. The zero-order valence-corrected chi connectivity index (χ0v) is 15.1. The van der Waals surface area contributed by atoms with Gasteiger partial charge in [-0.3, -0.25) is 9.59 Å². The number of hydrogen-bond donors (Lipinski definition) is 1. The molecular weight excluding hydrogens is 348 g/mol. The van der Waals surface area contributed by atoms with Crippen LogP contribution in [0.1, 0.15) is 22.8 Å². The van der Waals surface area contributed by atoms with E-state index in [9.17, 15) is 9.59 Å². The van der Waals surface area contributed by atoms with Gasteiger partial charge in [0.05, 0.1) is 13.3 Å². The molecule has 0 heterocycles. The van der Waals surface area contributed by atoms with Gasteiger partial charge in [0.1, 0.15) is 12.4 Å². The summed E-state index contributed by atoms with van der Waals surface area (Å²) in [5.41, 5.74) is 3.55. The fraction of sp³-hybridized carbons (Fsp3) is 0.150. The number of methoxy groups -OCH3 is 1. The van der Waals surface area contributed by atoms with Crippen LogP contribution in [0.4, 0.5) is 0 Å². The summed E-state index contributed by atoms with van der Waals surface area (Å²) in [6.45, 7) is 5.28. The number of hydrazone groups is 1. The molecule has 0 aliphatic heterocycles. The zero-order valence-electron chi connectivity index (χ0n) is 15.1. The minimum Gasteiger partial charge on any atom is -0.493 e. The predicted octanol–water partition coefficient (Wildman–Crippen LogP) is 2.95. The molecule has 0 saturated carbocycles. The van der Waals surface area contributed by atoms with Gasteiger partial charge >= 0.3 is 5.97 Å². The average Bonchev–Trinajstić information content (AvgIpc) is 2.67. The Balaban J connectivity index is 1.98. The maximum Gasteiger partial charge on any atom is 0.308 e. The summed E-state index contributed by atoms with van der Waals surface area (Å²) in [6.07, 6.45) is 3.10. The highest BCUT2D eigenvalue weighted by molar-refractivity contribution is 5.95. The fourth-order valence-corrected chi connectivity index (χ4v) is 2.09. The van der Waals surface area contributed by atoms with E-state index in [4.69, 9.17) is 14.2 Å². The highest BCUT2D eigenvalue weighted by atomic mass is 16.6. The van der Waals surface area contributed by atoms with Gasteiger partial charge in [-0.05, 0) is 48.0 Å². The van der Waals surface area contributed by atoms with Crippen molar-refractivity contribution in [2.45, 2.75) is 6.92 Å². The lowest BCUT2D eigenvalue weighted by atomic mass is 10.2. The van der Waals surface area contributed by atoms with Gasteiger partial charge in [-0.15, -0.1) is 0 Å². The second-order valence-electron chi connectivity index (χ2n) is 5.33. The van der Waals surface area contributed by atoms with E-state index in [2.05, 4.69) is 17.1 Å². The standard InChI is InChI=1S/C20H20N2O5/c1-4-11-26-17-8-6-16(7-9-17)20(24)22-21-13-15-5-10-18(27-14(2)23)19(12-15)25-3/h4-10,12-13H,1,11H2,2-3H3,(H,22,24). The number of esters is 1. The van der Waals surface area contributed by atoms with Crippen molar-refractivity contribution < 1.29 is 23.8 Å². The fourth-order valence-electron chi connectivity index (χ4n) is 2.09. The van der Waals surface area contributed by atoms with Crippen molar-refractivity contribution in [1.29, 1.82) is 0 Å². The molecule has 0 fully saturated rings. The molecule has 0 aliphatic carbocycles. The van der Waals surface area contributed by atoms with Gasteiger partial charge in [-0.1, -0.05) is 12.7 Å². The van der Waals surface area contributed by atoms with Gasteiger partial charge in [-0.25, -0.2) is 5.43 Å². The molecule has 0 aromatic heterocycles. The second-order valence-corrected chi connectivity index (χ2v) is 5.33. The topological polar surface area (TPSA) is 86.2 Å². The predicted molar refractivity (Wildman–Crippen MR) is 101 cm³/mol.